The number of rotatable bonds is 8. The van der Waals surface area contributed by atoms with Gasteiger partial charge in [0.25, 0.3) is 0 Å². The van der Waals surface area contributed by atoms with Crippen LogP contribution in [0.25, 0.3) is 0 Å². The number of ether oxygens (including phenoxy) is 1. The molecule has 5 nitrogen and oxygen atoms in total. The number of hydrogen-bond acceptors (Lipinski definition) is 4. The molecule has 1 atom stereocenters. The Hall–Kier alpha value is -2.31. The molecule has 1 aliphatic heterocycles. The fourth-order valence-electron chi connectivity index (χ4n) is 3.99. The molecule has 1 saturated carbocycles. The number of hydrogen-bond donors (Lipinski definition) is 0. The molecule has 2 heterocycles. The number of carbonyl (C=O) groups excluding carboxylic acids is 2. The van der Waals surface area contributed by atoms with Crippen molar-refractivity contribution in [3.63, 3.8) is 0 Å². The van der Waals surface area contributed by atoms with E-state index in [9.17, 15) is 9.59 Å². The fraction of sp³-hybridized carbons (Fsp3) is 0.417. The molecule has 2 aliphatic rings. The van der Waals surface area contributed by atoms with Crippen LogP contribution in [0.15, 0.2) is 42.3 Å². The Kier molecular flexibility index (Phi) is 6.68. The molecule has 0 spiro atoms. The Morgan fingerprint density at radius 3 is 2.87 bits per heavy atom. The number of nitrogens with zero attached hydrogens (tertiary/aromatic N) is 2. The molecule has 31 heavy (non-hydrogen) atoms. The molecule has 1 aromatic carbocycles. The lowest BCUT2D eigenvalue weighted by Crippen LogP contribution is -2.48. The normalized spacial score (nSPS) is 17.7. The number of amides is 2. The Balaban J connectivity index is 1.50. The summed E-state index contributed by atoms with van der Waals surface area (Å²) in [5.41, 5.74) is 2.09. The quantitative estimate of drug-likeness (QED) is 0.541. The maximum absolute atomic E-state index is 13.3. The van der Waals surface area contributed by atoms with Gasteiger partial charge in [-0.25, -0.2) is 0 Å². The van der Waals surface area contributed by atoms with E-state index in [0.29, 0.717) is 24.7 Å². The summed E-state index contributed by atoms with van der Waals surface area (Å²) in [6.07, 6.45) is 4.34. The smallest absolute Gasteiger partial charge is 0.242 e. The van der Waals surface area contributed by atoms with Crippen molar-refractivity contribution in [3.05, 3.63) is 63.3 Å². The second kappa shape index (κ2) is 9.45. The topological polar surface area (TPSA) is 49.9 Å². The van der Waals surface area contributed by atoms with Crippen molar-refractivity contribution in [2.45, 2.75) is 32.2 Å². The maximum atomic E-state index is 13.3. The van der Waals surface area contributed by atoms with E-state index >= 15 is 0 Å². The van der Waals surface area contributed by atoms with Gasteiger partial charge in [0.05, 0.1) is 6.04 Å². The summed E-state index contributed by atoms with van der Waals surface area (Å²) >= 11 is 7.85. The Morgan fingerprint density at radius 1 is 1.35 bits per heavy atom. The zero-order chi connectivity index (χ0) is 22.0. The lowest BCUT2D eigenvalue weighted by Gasteiger charge is -2.37. The summed E-state index contributed by atoms with van der Waals surface area (Å²) in [4.78, 5) is 30.7. The highest BCUT2D eigenvalue weighted by atomic mass is 35.5. The van der Waals surface area contributed by atoms with Crippen LogP contribution in [0.1, 0.15) is 34.9 Å². The van der Waals surface area contributed by atoms with Gasteiger partial charge in [-0.2, -0.15) is 0 Å². The van der Waals surface area contributed by atoms with Crippen LogP contribution in [-0.4, -0.2) is 47.9 Å². The lowest BCUT2D eigenvalue weighted by molar-refractivity contribution is -0.142. The lowest BCUT2D eigenvalue weighted by atomic mass is 10.0. The third kappa shape index (κ3) is 4.96. The molecule has 7 heteroatoms. The zero-order valence-electron chi connectivity index (χ0n) is 17.7. The Bertz CT molecular complexity index is 985. The molecule has 1 unspecified atom stereocenters. The molecule has 1 aliphatic carbocycles. The minimum Gasteiger partial charge on any atom is -0.491 e. The third-order valence-corrected chi connectivity index (χ3v) is 7.29. The van der Waals surface area contributed by atoms with Crippen LogP contribution >= 0.6 is 22.9 Å². The number of aryl methyl sites for hydroxylation is 1. The van der Waals surface area contributed by atoms with E-state index in [2.05, 4.69) is 18.0 Å². The average molecular weight is 459 g/mol. The van der Waals surface area contributed by atoms with Crippen molar-refractivity contribution in [3.8, 4) is 5.75 Å². The first-order chi connectivity index (χ1) is 15.0. The first kappa shape index (κ1) is 21.9. The van der Waals surface area contributed by atoms with E-state index in [1.165, 1.54) is 4.88 Å². The SMILES string of the molecule is C=CCN(CC(=O)N1CCc2sccc2C1COc1ccc(Cl)c(C)c1)C(=O)C1CC1. The van der Waals surface area contributed by atoms with E-state index in [4.69, 9.17) is 16.3 Å². The van der Waals surface area contributed by atoms with Crippen molar-refractivity contribution in [1.29, 1.82) is 0 Å². The molecular weight excluding hydrogens is 432 g/mol. The molecule has 164 valence electrons. The third-order valence-electron chi connectivity index (χ3n) is 5.87. The van der Waals surface area contributed by atoms with Gasteiger partial charge >= 0.3 is 0 Å². The predicted molar refractivity (Wildman–Crippen MR) is 124 cm³/mol. The van der Waals surface area contributed by atoms with Crippen molar-refractivity contribution < 1.29 is 14.3 Å². The summed E-state index contributed by atoms with van der Waals surface area (Å²) in [5, 5.41) is 2.77. The van der Waals surface area contributed by atoms with Gasteiger partial charge in [-0.3, -0.25) is 9.59 Å². The fourth-order valence-corrected chi connectivity index (χ4v) is 5.03. The Morgan fingerprint density at radius 2 is 2.16 bits per heavy atom. The van der Waals surface area contributed by atoms with Crippen LogP contribution in [0, 0.1) is 12.8 Å². The van der Waals surface area contributed by atoms with Crippen LogP contribution < -0.4 is 4.74 Å². The summed E-state index contributed by atoms with van der Waals surface area (Å²) in [6, 6.07) is 7.48. The molecule has 1 fully saturated rings. The van der Waals surface area contributed by atoms with Gasteiger partial charge in [0.15, 0.2) is 0 Å². The highest BCUT2D eigenvalue weighted by molar-refractivity contribution is 7.10. The minimum atomic E-state index is -0.180. The van der Waals surface area contributed by atoms with Crippen molar-refractivity contribution in [2.24, 2.45) is 5.92 Å². The number of fused-ring (bicyclic) bond motifs is 1. The average Bonchev–Trinajstić information content (AvgIpc) is 3.50. The van der Waals surface area contributed by atoms with E-state index in [1.807, 2.05) is 30.0 Å². The zero-order valence-corrected chi connectivity index (χ0v) is 19.3. The number of halogens is 1. The van der Waals surface area contributed by atoms with Crippen molar-refractivity contribution >= 4 is 34.8 Å². The van der Waals surface area contributed by atoms with Crippen LogP contribution in [0.4, 0.5) is 0 Å². The standard InChI is InChI=1S/C24H27ClN2O3S/c1-3-10-26(24(29)17-4-5-17)14-23(28)27-11-8-22-19(9-12-31-22)21(27)15-30-18-6-7-20(25)16(2)13-18/h3,6-7,9,12-13,17,21H,1,4-5,8,10-11,14-15H2,2H3. The van der Waals surface area contributed by atoms with Gasteiger partial charge in [0.2, 0.25) is 11.8 Å². The van der Waals surface area contributed by atoms with Crippen LogP contribution in [-0.2, 0) is 16.0 Å². The molecule has 2 aromatic rings. The van der Waals surface area contributed by atoms with E-state index < -0.39 is 0 Å². The number of thiophene rings is 1. The van der Waals surface area contributed by atoms with Gasteiger partial charge in [0.1, 0.15) is 18.9 Å². The van der Waals surface area contributed by atoms with Crippen LogP contribution in [0.2, 0.25) is 5.02 Å². The van der Waals surface area contributed by atoms with E-state index in [0.717, 1.165) is 36.1 Å². The monoisotopic (exact) mass is 458 g/mol. The Labute approximate surface area is 192 Å². The molecular formula is C24H27ClN2O3S. The number of carbonyl (C=O) groups is 2. The molecule has 0 saturated heterocycles. The van der Waals surface area contributed by atoms with Crippen LogP contribution in [0.3, 0.4) is 0 Å². The second-order valence-electron chi connectivity index (χ2n) is 8.16. The summed E-state index contributed by atoms with van der Waals surface area (Å²) in [6.45, 7) is 7.14. The van der Waals surface area contributed by atoms with Gasteiger partial charge < -0.3 is 14.5 Å². The first-order valence-electron chi connectivity index (χ1n) is 10.6. The second-order valence-corrected chi connectivity index (χ2v) is 9.56. The highest BCUT2D eigenvalue weighted by Gasteiger charge is 2.36. The summed E-state index contributed by atoms with van der Waals surface area (Å²) in [7, 11) is 0. The summed E-state index contributed by atoms with van der Waals surface area (Å²) in [5.74, 6) is 0.818. The molecule has 0 radical (unpaired) electrons. The van der Waals surface area contributed by atoms with Gasteiger partial charge in [-0.15, -0.1) is 17.9 Å². The maximum Gasteiger partial charge on any atom is 0.242 e. The van der Waals surface area contributed by atoms with E-state index in [1.54, 1.807) is 22.3 Å². The summed E-state index contributed by atoms with van der Waals surface area (Å²) < 4.78 is 6.09. The van der Waals surface area contributed by atoms with Crippen molar-refractivity contribution in [2.75, 3.05) is 26.2 Å². The molecule has 2 amide bonds. The first-order valence-corrected chi connectivity index (χ1v) is 11.9. The molecule has 0 bridgehead atoms. The van der Waals surface area contributed by atoms with E-state index in [-0.39, 0.29) is 30.3 Å². The highest BCUT2D eigenvalue weighted by Crippen LogP contribution is 2.35. The van der Waals surface area contributed by atoms with Gasteiger partial charge in [-0.1, -0.05) is 17.7 Å². The van der Waals surface area contributed by atoms with Gasteiger partial charge in [0, 0.05) is 28.9 Å². The number of benzene rings is 1. The van der Waals surface area contributed by atoms with Gasteiger partial charge in [-0.05, 0) is 67.0 Å². The minimum absolute atomic E-state index is 0.0476. The molecule has 0 N–H and O–H groups in total. The van der Waals surface area contributed by atoms with Crippen molar-refractivity contribution in [1.82, 2.24) is 9.80 Å². The predicted octanol–water partition coefficient (Wildman–Crippen LogP) is 4.64. The van der Waals surface area contributed by atoms with Crippen LogP contribution in [0.5, 0.6) is 5.75 Å². The molecule has 4 rings (SSSR count). The largest absolute Gasteiger partial charge is 0.491 e. The molecule has 1 aromatic heterocycles.